The summed E-state index contributed by atoms with van der Waals surface area (Å²) in [6.07, 6.45) is -1.77. The van der Waals surface area contributed by atoms with E-state index in [1.54, 1.807) is 18.2 Å². The lowest BCUT2D eigenvalue weighted by atomic mass is 10.0. The fourth-order valence-electron chi connectivity index (χ4n) is 4.19. The van der Waals surface area contributed by atoms with Crippen LogP contribution >= 0.6 is 0 Å². The van der Waals surface area contributed by atoms with Gasteiger partial charge < -0.3 is 10.3 Å². The van der Waals surface area contributed by atoms with Crippen LogP contribution in [0.4, 0.5) is 17.6 Å². The summed E-state index contributed by atoms with van der Waals surface area (Å²) in [5, 5.41) is 1.42. The lowest BCUT2D eigenvalue weighted by molar-refractivity contribution is -0.137. The van der Waals surface area contributed by atoms with Crippen LogP contribution in [0.3, 0.4) is 0 Å². The molecule has 0 spiro atoms. The number of rotatable bonds is 6. The molecule has 0 unspecified atom stereocenters. The first-order chi connectivity index (χ1) is 15.2. The molecule has 0 aliphatic carbocycles. The quantitative estimate of drug-likeness (QED) is 0.343. The third-order valence-corrected chi connectivity index (χ3v) is 5.67. The summed E-state index contributed by atoms with van der Waals surface area (Å²) in [4.78, 5) is 12.1. The van der Waals surface area contributed by atoms with Crippen LogP contribution in [-0.4, -0.2) is 10.5 Å². The molecule has 0 atom stereocenters. The Balaban J connectivity index is 1.95. The maximum Gasteiger partial charge on any atom is 0.416 e. The van der Waals surface area contributed by atoms with E-state index in [9.17, 15) is 22.4 Å². The molecule has 4 aromatic rings. The van der Waals surface area contributed by atoms with Crippen molar-refractivity contribution in [2.24, 2.45) is 5.73 Å². The van der Waals surface area contributed by atoms with Gasteiger partial charge in [-0.25, -0.2) is 4.39 Å². The molecular formula is C25H22F4N2O. The van der Waals surface area contributed by atoms with E-state index >= 15 is 0 Å². The molecule has 0 aliphatic heterocycles. The molecule has 7 heteroatoms. The van der Waals surface area contributed by atoms with Gasteiger partial charge in [0.2, 0.25) is 5.91 Å². The van der Waals surface area contributed by atoms with Gasteiger partial charge in [0.25, 0.3) is 0 Å². The van der Waals surface area contributed by atoms with Crippen molar-refractivity contribution in [3.05, 3.63) is 82.7 Å². The van der Waals surface area contributed by atoms with Gasteiger partial charge >= 0.3 is 6.18 Å². The molecule has 1 heterocycles. The minimum atomic E-state index is -4.65. The van der Waals surface area contributed by atoms with Gasteiger partial charge in [-0.05, 0) is 60.4 Å². The number of aryl methyl sites for hydroxylation is 1. The highest BCUT2D eigenvalue weighted by atomic mass is 19.4. The van der Waals surface area contributed by atoms with Crippen LogP contribution in [0.15, 0.2) is 54.6 Å². The maximum absolute atomic E-state index is 14.0. The summed E-state index contributed by atoms with van der Waals surface area (Å²) in [5.41, 5.74) is 7.58. The fourth-order valence-corrected chi connectivity index (χ4v) is 4.19. The molecule has 32 heavy (non-hydrogen) atoms. The average molecular weight is 442 g/mol. The summed E-state index contributed by atoms with van der Waals surface area (Å²) < 4.78 is 55.5. The van der Waals surface area contributed by atoms with E-state index in [-0.39, 0.29) is 12.1 Å². The van der Waals surface area contributed by atoms with Gasteiger partial charge in [0.1, 0.15) is 5.82 Å². The number of primary amides is 1. The average Bonchev–Trinajstić information content (AvgIpc) is 3.04. The standard InChI is InChI=1S/C25H22F4N2O/c1-2-3-5-15-8-9-19-22(12-15)31(21-7-4-6-20(23(19)21)24(30)32)14-16-10-17(25(27,28)29)13-18(26)11-16/h4,6-13H,2-3,5,14H2,1H3,(H2,30,32). The van der Waals surface area contributed by atoms with E-state index < -0.39 is 23.5 Å². The number of carbonyl (C=O) groups is 1. The smallest absolute Gasteiger partial charge is 0.366 e. The molecular weight excluding hydrogens is 420 g/mol. The number of unbranched alkanes of at least 4 members (excludes halogenated alkanes) is 1. The van der Waals surface area contributed by atoms with Crippen molar-refractivity contribution in [3.8, 4) is 0 Å². The predicted molar refractivity (Wildman–Crippen MR) is 117 cm³/mol. The minimum Gasteiger partial charge on any atom is -0.366 e. The van der Waals surface area contributed by atoms with Gasteiger partial charge in [-0.15, -0.1) is 0 Å². The Bertz CT molecular complexity index is 1320. The van der Waals surface area contributed by atoms with Gasteiger partial charge in [0.15, 0.2) is 0 Å². The highest BCUT2D eigenvalue weighted by Gasteiger charge is 2.31. The summed E-state index contributed by atoms with van der Waals surface area (Å²) in [6, 6.07) is 13.5. The molecule has 0 fully saturated rings. The number of hydrogen-bond acceptors (Lipinski definition) is 1. The molecule has 0 radical (unpaired) electrons. The monoisotopic (exact) mass is 442 g/mol. The van der Waals surface area contributed by atoms with Crippen molar-refractivity contribution in [3.63, 3.8) is 0 Å². The topological polar surface area (TPSA) is 48.0 Å². The zero-order valence-electron chi connectivity index (χ0n) is 17.5. The number of nitrogens with zero attached hydrogens (tertiary/aromatic N) is 1. The summed E-state index contributed by atoms with van der Waals surface area (Å²) in [7, 11) is 0. The van der Waals surface area contributed by atoms with E-state index in [0.29, 0.717) is 22.5 Å². The molecule has 0 bridgehead atoms. The van der Waals surface area contributed by atoms with Gasteiger partial charge in [-0.1, -0.05) is 31.5 Å². The van der Waals surface area contributed by atoms with Gasteiger partial charge in [-0.3, -0.25) is 4.79 Å². The third-order valence-electron chi connectivity index (χ3n) is 5.67. The van der Waals surface area contributed by atoms with E-state index in [2.05, 4.69) is 6.92 Å². The van der Waals surface area contributed by atoms with Crippen LogP contribution in [-0.2, 0) is 19.1 Å². The Morgan fingerprint density at radius 1 is 1.00 bits per heavy atom. The molecule has 3 nitrogen and oxygen atoms in total. The maximum atomic E-state index is 14.0. The summed E-state index contributed by atoms with van der Waals surface area (Å²) in [5.74, 6) is -1.54. The van der Waals surface area contributed by atoms with E-state index in [4.69, 9.17) is 5.73 Å². The van der Waals surface area contributed by atoms with Crippen LogP contribution < -0.4 is 5.73 Å². The molecule has 0 aliphatic rings. The van der Waals surface area contributed by atoms with Crippen molar-refractivity contribution in [1.82, 2.24) is 4.57 Å². The number of aromatic nitrogens is 1. The second kappa shape index (κ2) is 8.30. The Morgan fingerprint density at radius 2 is 1.78 bits per heavy atom. The fraction of sp³-hybridized carbons (Fsp3) is 0.240. The molecule has 4 rings (SSSR count). The second-order valence-electron chi connectivity index (χ2n) is 7.95. The number of nitrogens with two attached hydrogens (primary N) is 1. The highest BCUT2D eigenvalue weighted by molar-refractivity contribution is 6.18. The molecule has 3 aromatic carbocycles. The van der Waals surface area contributed by atoms with Crippen molar-refractivity contribution < 1.29 is 22.4 Å². The molecule has 1 aromatic heterocycles. The molecule has 166 valence electrons. The van der Waals surface area contributed by atoms with Crippen LogP contribution in [0.5, 0.6) is 0 Å². The molecule has 0 saturated heterocycles. The first-order valence-corrected chi connectivity index (χ1v) is 10.4. The SMILES string of the molecule is CCCCc1ccc2c3c(C(N)=O)cccc3n(Cc3cc(F)cc(C(F)(F)F)c3)c2c1. The number of alkyl halides is 3. The van der Waals surface area contributed by atoms with Crippen LogP contribution in [0, 0.1) is 5.82 Å². The van der Waals surface area contributed by atoms with E-state index in [1.807, 2.05) is 22.8 Å². The minimum absolute atomic E-state index is 0.0142. The highest BCUT2D eigenvalue weighted by Crippen LogP contribution is 2.35. The van der Waals surface area contributed by atoms with Crippen molar-refractivity contribution in [1.29, 1.82) is 0 Å². The Kier molecular flexibility index (Phi) is 5.67. The molecule has 2 N–H and O–H groups in total. The number of benzene rings is 3. The number of carbonyl (C=O) groups excluding carboxylic acids is 1. The second-order valence-corrected chi connectivity index (χ2v) is 7.95. The normalized spacial score (nSPS) is 12.0. The molecule has 1 amide bonds. The zero-order chi connectivity index (χ0) is 23.0. The Hall–Kier alpha value is -3.35. The van der Waals surface area contributed by atoms with E-state index in [1.165, 1.54) is 0 Å². The number of fused-ring (bicyclic) bond motifs is 3. The number of hydrogen-bond donors (Lipinski definition) is 1. The number of halogens is 4. The third kappa shape index (κ3) is 4.07. The first kappa shape index (κ1) is 21.9. The zero-order valence-corrected chi connectivity index (χ0v) is 17.5. The lowest BCUT2D eigenvalue weighted by Gasteiger charge is -2.12. The molecule has 0 saturated carbocycles. The van der Waals surface area contributed by atoms with Crippen LogP contribution in [0.25, 0.3) is 21.8 Å². The van der Waals surface area contributed by atoms with Crippen molar-refractivity contribution in [2.75, 3.05) is 0 Å². The van der Waals surface area contributed by atoms with Gasteiger partial charge in [-0.2, -0.15) is 13.2 Å². The van der Waals surface area contributed by atoms with Gasteiger partial charge in [0.05, 0.1) is 11.1 Å². The van der Waals surface area contributed by atoms with Crippen LogP contribution in [0.1, 0.15) is 46.8 Å². The van der Waals surface area contributed by atoms with Gasteiger partial charge in [0, 0.05) is 28.4 Å². The largest absolute Gasteiger partial charge is 0.416 e. The Labute approximate surface area is 182 Å². The summed E-state index contributed by atoms with van der Waals surface area (Å²) >= 11 is 0. The van der Waals surface area contributed by atoms with Crippen molar-refractivity contribution in [2.45, 2.75) is 38.9 Å². The number of amides is 1. The lowest BCUT2D eigenvalue weighted by Crippen LogP contribution is -2.11. The van der Waals surface area contributed by atoms with E-state index in [0.717, 1.165) is 47.9 Å². The summed E-state index contributed by atoms with van der Waals surface area (Å²) in [6.45, 7) is 2.11. The Morgan fingerprint density at radius 3 is 2.47 bits per heavy atom. The van der Waals surface area contributed by atoms with Crippen LogP contribution in [0.2, 0.25) is 0 Å². The first-order valence-electron chi connectivity index (χ1n) is 10.4. The van der Waals surface area contributed by atoms with Crippen molar-refractivity contribution >= 4 is 27.7 Å². The predicted octanol–water partition coefficient (Wildman–Crippen LogP) is 6.44.